The van der Waals surface area contributed by atoms with Gasteiger partial charge in [-0.1, -0.05) is 0 Å². The van der Waals surface area contributed by atoms with Gasteiger partial charge in [-0.3, -0.25) is 0 Å². The van der Waals surface area contributed by atoms with Gasteiger partial charge in [0.05, 0.1) is 11.6 Å². The minimum atomic E-state index is -4.49. The monoisotopic (exact) mass is 361 g/mol. The van der Waals surface area contributed by atoms with Crippen molar-refractivity contribution in [3.8, 4) is 6.07 Å². The summed E-state index contributed by atoms with van der Waals surface area (Å²) in [4.78, 5) is 11.6. The molecule has 2 heterocycles. The van der Waals surface area contributed by atoms with E-state index >= 15 is 0 Å². The summed E-state index contributed by atoms with van der Waals surface area (Å²) in [6.07, 6.45) is -1.58. The number of nitrogens with zero attached hydrogens (tertiary/aromatic N) is 5. The van der Waals surface area contributed by atoms with Crippen LogP contribution in [-0.2, 0) is 6.18 Å². The first-order valence-corrected chi connectivity index (χ1v) is 8.26. The molecular weight excluding hydrogens is 343 g/mol. The van der Waals surface area contributed by atoms with E-state index in [4.69, 9.17) is 5.26 Å². The van der Waals surface area contributed by atoms with Crippen LogP contribution in [-0.4, -0.2) is 36.1 Å². The molecule has 1 fully saturated rings. The van der Waals surface area contributed by atoms with Gasteiger partial charge in [-0.15, -0.1) is 0 Å². The average molecular weight is 361 g/mol. The maximum Gasteiger partial charge on any atom is 0.433 e. The second-order valence-electron chi connectivity index (χ2n) is 6.25. The highest BCUT2D eigenvalue weighted by Gasteiger charge is 2.34. The Kier molecular flexibility index (Phi) is 4.98. The predicted octanol–water partition coefficient (Wildman–Crippen LogP) is 3.47. The van der Waals surface area contributed by atoms with Gasteiger partial charge in [-0.2, -0.15) is 18.4 Å². The van der Waals surface area contributed by atoms with Crippen LogP contribution < -0.4 is 9.80 Å². The summed E-state index contributed by atoms with van der Waals surface area (Å²) in [6.45, 7) is 1.52. The van der Waals surface area contributed by atoms with Crippen molar-refractivity contribution < 1.29 is 13.2 Å². The highest BCUT2D eigenvalue weighted by atomic mass is 19.4. The Bertz CT molecular complexity index is 798. The predicted molar refractivity (Wildman–Crippen MR) is 91.8 cm³/mol. The van der Waals surface area contributed by atoms with Gasteiger partial charge in [0.2, 0.25) is 5.95 Å². The van der Waals surface area contributed by atoms with E-state index < -0.39 is 11.9 Å². The number of benzene rings is 1. The molecule has 26 heavy (non-hydrogen) atoms. The van der Waals surface area contributed by atoms with Crippen LogP contribution in [0.1, 0.15) is 24.1 Å². The van der Waals surface area contributed by atoms with Crippen LogP contribution in [0.3, 0.4) is 0 Å². The third-order valence-electron chi connectivity index (χ3n) is 4.55. The molecule has 1 unspecified atom stereocenters. The van der Waals surface area contributed by atoms with Crippen LogP contribution >= 0.6 is 0 Å². The van der Waals surface area contributed by atoms with Gasteiger partial charge in [0, 0.05) is 38.1 Å². The number of halogens is 3. The largest absolute Gasteiger partial charge is 0.433 e. The molecule has 3 rings (SSSR count). The minimum absolute atomic E-state index is 0.00266. The molecular formula is C18H18F3N5. The van der Waals surface area contributed by atoms with E-state index in [9.17, 15) is 13.2 Å². The van der Waals surface area contributed by atoms with E-state index in [0.29, 0.717) is 12.1 Å². The third-order valence-corrected chi connectivity index (χ3v) is 4.55. The lowest BCUT2D eigenvalue weighted by Gasteiger charge is -2.39. The van der Waals surface area contributed by atoms with Gasteiger partial charge >= 0.3 is 6.18 Å². The molecule has 2 aromatic rings. The number of hydrogen-bond donors (Lipinski definition) is 0. The van der Waals surface area contributed by atoms with Crippen molar-refractivity contribution in [3.63, 3.8) is 0 Å². The molecule has 1 aliphatic heterocycles. The quantitative estimate of drug-likeness (QED) is 0.838. The highest BCUT2D eigenvalue weighted by molar-refractivity contribution is 5.50. The molecule has 136 valence electrons. The molecule has 8 heteroatoms. The molecule has 0 radical (unpaired) electrons. The molecule has 0 aliphatic carbocycles. The normalized spacial score (nSPS) is 17.7. The number of piperidine rings is 1. The zero-order chi connectivity index (χ0) is 18.7. The van der Waals surface area contributed by atoms with Crippen LogP contribution in [0.5, 0.6) is 0 Å². The molecule has 1 aromatic heterocycles. The van der Waals surface area contributed by atoms with E-state index in [2.05, 4.69) is 20.9 Å². The summed E-state index contributed by atoms with van der Waals surface area (Å²) in [5.41, 5.74) is 0.651. The van der Waals surface area contributed by atoms with Crippen LogP contribution in [0.25, 0.3) is 0 Å². The van der Waals surface area contributed by atoms with Gasteiger partial charge in [0.1, 0.15) is 5.69 Å². The van der Waals surface area contributed by atoms with Crippen LogP contribution in [0.2, 0.25) is 0 Å². The Balaban J connectivity index is 1.75. The first-order chi connectivity index (χ1) is 12.4. The van der Waals surface area contributed by atoms with Gasteiger partial charge in [-0.05, 0) is 43.2 Å². The molecule has 0 amide bonds. The second kappa shape index (κ2) is 7.20. The molecule has 0 saturated carbocycles. The van der Waals surface area contributed by atoms with Crippen LogP contribution in [0.15, 0.2) is 36.5 Å². The lowest BCUT2D eigenvalue weighted by molar-refractivity contribution is -0.141. The standard InChI is InChI=1S/C18H18F3N5/c1-25(17-23-9-8-16(24-17)18(19,20)21)15-3-2-10-26(12-15)14-6-4-13(11-22)5-7-14/h4-9,15H,2-3,10,12H2,1H3. The van der Waals surface area contributed by atoms with E-state index in [1.165, 1.54) is 0 Å². The maximum atomic E-state index is 12.9. The summed E-state index contributed by atoms with van der Waals surface area (Å²) in [7, 11) is 1.72. The number of anilines is 2. The smallest absolute Gasteiger partial charge is 0.369 e. The highest BCUT2D eigenvalue weighted by Crippen LogP contribution is 2.29. The van der Waals surface area contributed by atoms with Crippen molar-refractivity contribution in [3.05, 3.63) is 47.8 Å². The molecule has 0 spiro atoms. The Morgan fingerprint density at radius 3 is 2.62 bits per heavy atom. The lowest BCUT2D eigenvalue weighted by atomic mass is 10.0. The molecule has 0 N–H and O–H groups in total. The summed E-state index contributed by atoms with van der Waals surface area (Å²) in [5.74, 6) is 0.0755. The van der Waals surface area contributed by atoms with Crippen molar-refractivity contribution in [2.24, 2.45) is 0 Å². The SMILES string of the molecule is CN(c1nccc(C(F)(F)F)n1)C1CCCN(c2ccc(C#N)cc2)C1. The lowest BCUT2D eigenvalue weighted by Crippen LogP contribution is -2.47. The van der Waals surface area contributed by atoms with Gasteiger partial charge in [-0.25, -0.2) is 9.97 Å². The van der Waals surface area contributed by atoms with E-state index in [-0.39, 0.29) is 12.0 Å². The first kappa shape index (κ1) is 18.0. The zero-order valence-corrected chi connectivity index (χ0v) is 14.2. The fourth-order valence-electron chi connectivity index (χ4n) is 3.09. The topological polar surface area (TPSA) is 56.1 Å². The van der Waals surface area contributed by atoms with Crippen molar-refractivity contribution >= 4 is 11.6 Å². The minimum Gasteiger partial charge on any atom is -0.369 e. The number of nitriles is 1. The van der Waals surface area contributed by atoms with Gasteiger partial charge < -0.3 is 9.80 Å². The number of alkyl halides is 3. The van der Waals surface area contributed by atoms with E-state index in [1.54, 1.807) is 24.1 Å². The van der Waals surface area contributed by atoms with Crippen LogP contribution in [0, 0.1) is 11.3 Å². The number of likely N-dealkylation sites (N-methyl/N-ethyl adjacent to an activating group) is 1. The van der Waals surface area contributed by atoms with E-state index in [0.717, 1.165) is 37.3 Å². The van der Waals surface area contributed by atoms with Crippen molar-refractivity contribution in [2.75, 3.05) is 29.9 Å². The molecule has 1 aliphatic rings. The fraction of sp³-hybridized carbons (Fsp3) is 0.389. The summed E-state index contributed by atoms with van der Waals surface area (Å²) < 4.78 is 38.6. The van der Waals surface area contributed by atoms with Gasteiger partial charge in [0.25, 0.3) is 0 Å². The van der Waals surface area contributed by atoms with Crippen molar-refractivity contribution in [2.45, 2.75) is 25.1 Å². The molecule has 1 aromatic carbocycles. The molecule has 1 saturated heterocycles. The Hall–Kier alpha value is -2.82. The summed E-state index contributed by atoms with van der Waals surface area (Å²) in [6, 6.07) is 10.3. The number of rotatable bonds is 3. The summed E-state index contributed by atoms with van der Waals surface area (Å²) in [5, 5.41) is 8.90. The Labute approximate surface area is 149 Å². The van der Waals surface area contributed by atoms with Crippen LogP contribution in [0.4, 0.5) is 24.8 Å². The molecule has 1 atom stereocenters. The van der Waals surface area contributed by atoms with Crippen molar-refractivity contribution in [1.82, 2.24) is 9.97 Å². The van der Waals surface area contributed by atoms with Gasteiger partial charge in [0.15, 0.2) is 0 Å². The number of hydrogen-bond acceptors (Lipinski definition) is 5. The zero-order valence-electron chi connectivity index (χ0n) is 14.2. The number of aromatic nitrogens is 2. The Morgan fingerprint density at radius 1 is 1.23 bits per heavy atom. The van der Waals surface area contributed by atoms with Crippen molar-refractivity contribution in [1.29, 1.82) is 5.26 Å². The second-order valence-corrected chi connectivity index (χ2v) is 6.25. The summed E-state index contributed by atoms with van der Waals surface area (Å²) >= 11 is 0. The Morgan fingerprint density at radius 2 is 1.96 bits per heavy atom. The fourth-order valence-corrected chi connectivity index (χ4v) is 3.09. The third kappa shape index (κ3) is 3.87. The molecule has 0 bridgehead atoms. The molecule has 5 nitrogen and oxygen atoms in total. The average Bonchev–Trinajstić information content (AvgIpc) is 2.67. The maximum absolute atomic E-state index is 12.9. The first-order valence-electron chi connectivity index (χ1n) is 8.26. The van der Waals surface area contributed by atoms with E-state index in [1.807, 2.05) is 12.1 Å².